The molecule has 0 heterocycles. The molecule has 0 radical (unpaired) electrons. The number of carboxylic acids is 1. The van der Waals surface area contributed by atoms with Gasteiger partial charge in [0.25, 0.3) is 0 Å². The standard InChI is InChI=1S/C10H21NO4/c1-15-9-7-11(6-8-12)5-3-2-4-10(13)14/h12H,2-9H2,1H3,(H,13,14). The monoisotopic (exact) mass is 219 g/mol. The first kappa shape index (κ1) is 14.3. The van der Waals surface area contributed by atoms with Crippen LogP contribution in [0.4, 0.5) is 0 Å². The molecule has 5 nitrogen and oxygen atoms in total. The summed E-state index contributed by atoms with van der Waals surface area (Å²) in [5.41, 5.74) is 0. The molecule has 0 rings (SSSR count). The van der Waals surface area contributed by atoms with Crippen molar-refractivity contribution >= 4 is 5.97 Å². The number of carbonyl (C=O) groups is 1. The van der Waals surface area contributed by atoms with Crippen LogP contribution >= 0.6 is 0 Å². The Labute approximate surface area is 90.6 Å². The highest BCUT2D eigenvalue weighted by atomic mass is 16.5. The van der Waals surface area contributed by atoms with Gasteiger partial charge in [-0.2, -0.15) is 0 Å². The molecule has 0 spiro atoms. The lowest BCUT2D eigenvalue weighted by Crippen LogP contribution is -2.31. The van der Waals surface area contributed by atoms with E-state index in [1.165, 1.54) is 0 Å². The molecule has 0 aliphatic rings. The molecular formula is C10H21NO4. The third-order valence-corrected chi connectivity index (χ3v) is 2.14. The van der Waals surface area contributed by atoms with E-state index in [9.17, 15) is 4.79 Å². The van der Waals surface area contributed by atoms with Crippen molar-refractivity contribution in [2.75, 3.05) is 40.0 Å². The van der Waals surface area contributed by atoms with Crippen LogP contribution in [0.15, 0.2) is 0 Å². The molecule has 0 unspecified atom stereocenters. The molecule has 5 heteroatoms. The van der Waals surface area contributed by atoms with Gasteiger partial charge in [0, 0.05) is 26.6 Å². The first-order valence-corrected chi connectivity index (χ1v) is 5.24. The topological polar surface area (TPSA) is 70.0 Å². The Kier molecular flexibility index (Phi) is 9.46. The van der Waals surface area contributed by atoms with Gasteiger partial charge in [-0.1, -0.05) is 0 Å². The van der Waals surface area contributed by atoms with Crippen molar-refractivity contribution in [2.24, 2.45) is 0 Å². The number of nitrogens with zero attached hydrogens (tertiary/aromatic N) is 1. The van der Waals surface area contributed by atoms with Gasteiger partial charge in [-0.05, 0) is 19.4 Å². The minimum Gasteiger partial charge on any atom is -0.481 e. The van der Waals surface area contributed by atoms with E-state index in [0.717, 1.165) is 19.5 Å². The quantitative estimate of drug-likeness (QED) is 0.513. The summed E-state index contributed by atoms with van der Waals surface area (Å²) < 4.78 is 4.95. The van der Waals surface area contributed by atoms with Gasteiger partial charge in [-0.3, -0.25) is 9.69 Å². The lowest BCUT2D eigenvalue weighted by Gasteiger charge is -2.20. The Hall–Kier alpha value is -0.650. The molecule has 2 N–H and O–H groups in total. The molecule has 0 atom stereocenters. The van der Waals surface area contributed by atoms with Crippen molar-refractivity contribution in [1.29, 1.82) is 0 Å². The zero-order valence-electron chi connectivity index (χ0n) is 9.31. The summed E-state index contributed by atoms with van der Waals surface area (Å²) in [6.45, 7) is 2.99. The maximum absolute atomic E-state index is 10.3. The van der Waals surface area contributed by atoms with Crippen LogP contribution in [0.2, 0.25) is 0 Å². The van der Waals surface area contributed by atoms with E-state index in [-0.39, 0.29) is 13.0 Å². The van der Waals surface area contributed by atoms with Gasteiger partial charge < -0.3 is 14.9 Å². The van der Waals surface area contributed by atoms with Crippen molar-refractivity contribution in [3.05, 3.63) is 0 Å². The Balaban J connectivity index is 3.51. The molecule has 0 aromatic rings. The lowest BCUT2D eigenvalue weighted by molar-refractivity contribution is -0.137. The highest BCUT2D eigenvalue weighted by molar-refractivity contribution is 5.66. The van der Waals surface area contributed by atoms with Crippen molar-refractivity contribution in [3.63, 3.8) is 0 Å². The van der Waals surface area contributed by atoms with Crippen LogP contribution in [0, 0.1) is 0 Å². The summed E-state index contributed by atoms with van der Waals surface area (Å²) in [5.74, 6) is -0.749. The highest BCUT2D eigenvalue weighted by Crippen LogP contribution is 1.98. The van der Waals surface area contributed by atoms with Crippen LogP contribution in [-0.4, -0.2) is 61.0 Å². The number of aliphatic hydroxyl groups is 1. The summed E-state index contributed by atoms with van der Waals surface area (Å²) in [4.78, 5) is 12.3. The summed E-state index contributed by atoms with van der Waals surface area (Å²) in [5, 5.41) is 17.3. The predicted molar refractivity (Wildman–Crippen MR) is 56.9 cm³/mol. The van der Waals surface area contributed by atoms with E-state index in [2.05, 4.69) is 4.90 Å². The van der Waals surface area contributed by atoms with Gasteiger partial charge in [0.15, 0.2) is 0 Å². The second-order valence-corrected chi connectivity index (χ2v) is 3.41. The third-order valence-electron chi connectivity index (χ3n) is 2.14. The molecule has 0 bridgehead atoms. The van der Waals surface area contributed by atoms with Crippen LogP contribution in [0.5, 0.6) is 0 Å². The van der Waals surface area contributed by atoms with E-state index in [0.29, 0.717) is 19.6 Å². The molecule has 0 amide bonds. The number of hydrogen-bond acceptors (Lipinski definition) is 4. The van der Waals surface area contributed by atoms with Crippen molar-refractivity contribution in [3.8, 4) is 0 Å². The van der Waals surface area contributed by atoms with Crippen LogP contribution in [0.1, 0.15) is 19.3 Å². The number of carboxylic acid groups (broad SMARTS) is 1. The summed E-state index contributed by atoms with van der Waals surface area (Å²) >= 11 is 0. The number of ether oxygens (including phenoxy) is 1. The van der Waals surface area contributed by atoms with Crippen LogP contribution in [-0.2, 0) is 9.53 Å². The second-order valence-electron chi connectivity index (χ2n) is 3.41. The van der Waals surface area contributed by atoms with Gasteiger partial charge in [0.1, 0.15) is 0 Å². The maximum atomic E-state index is 10.3. The Morgan fingerprint density at radius 3 is 2.53 bits per heavy atom. The minimum absolute atomic E-state index is 0.128. The summed E-state index contributed by atoms with van der Waals surface area (Å²) in [6, 6.07) is 0. The highest BCUT2D eigenvalue weighted by Gasteiger charge is 2.04. The smallest absolute Gasteiger partial charge is 0.303 e. The Morgan fingerprint density at radius 1 is 1.27 bits per heavy atom. The number of rotatable bonds is 10. The molecule has 0 aliphatic heterocycles. The van der Waals surface area contributed by atoms with E-state index < -0.39 is 5.97 Å². The molecular weight excluding hydrogens is 198 g/mol. The molecule has 0 aliphatic carbocycles. The minimum atomic E-state index is -0.749. The summed E-state index contributed by atoms with van der Waals surface area (Å²) in [7, 11) is 1.64. The normalized spacial score (nSPS) is 10.9. The second kappa shape index (κ2) is 9.89. The van der Waals surface area contributed by atoms with E-state index in [1.54, 1.807) is 7.11 Å². The number of aliphatic hydroxyl groups excluding tert-OH is 1. The van der Waals surface area contributed by atoms with Crippen LogP contribution < -0.4 is 0 Å². The first-order valence-electron chi connectivity index (χ1n) is 5.24. The van der Waals surface area contributed by atoms with E-state index in [4.69, 9.17) is 14.9 Å². The third kappa shape index (κ3) is 9.65. The van der Waals surface area contributed by atoms with Crippen molar-refractivity contribution < 1.29 is 19.7 Å². The fourth-order valence-electron chi connectivity index (χ4n) is 1.31. The van der Waals surface area contributed by atoms with Crippen LogP contribution in [0.3, 0.4) is 0 Å². The zero-order chi connectivity index (χ0) is 11.5. The zero-order valence-corrected chi connectivity index (χ0v) is 9.31. The molecule has 0 aromatic carbocycles. The van der Waals surface area contributed by atoms with Gasteiger partial charge in [0.05, 0.1) is 13.2 Å². The fourth-order valence-corrected chi connectivity index (χ4v) is 1.31. The average molecular weight is 219 g/mol. The molecule has 15 heavy (non-hydrogen) atoms. The number of aliphatic carboxylic acids is 1. The van der Waals surface area contributed by atoms with Gasteiger partial charge in [-0.15, -0.1) is 0 Å². The Morgan fingerprint density at radius 2 is 2.00 bits per heavy atom. The molecule has 0 saturated carbocycles. The number of methoxy groups -OCH3 is 1. The fraction of sp³-hybridized carbons (Fsp3) is 0.900. The van der Waals surface area contributed by atoms with E-state index in [1.807, 2.05) is 0 Å². The van der Waals surface area contributed by atoms with Gasteiger partial charge in [0.2, 0.25) is 0 Å². The van der Waals surface area contributed by atoms with Crippen LogP contribution in [0.25, 0.3) is 0 Å². The number of hydrogen-bond donors (Lipinski definition) is 2. The molecule has 0 aromatic heterocycles. The molecule has 0 fully saturated rings. The predicted octanol–water partition coefficient (Wildman–Crippen LogP) is 0.182. The van der Waals surface area contributed by atoms with Crippen molar-refractivity contribution in [2.45, 2.75) is 19.3 Å². The van der Waals surface area contributed by atoms with Gasteiger partial charge >= 0.3 is 5.97 Å². The number of unbranched alkanes of at least 4 members (excludes halogenated alkanes) is 1. The SMILES string of the molecule is COCCN(CCO)CCCCC(=O)O. The Bertz CT molecular complexity index is 164. The van der Waals surface area contributed by atoms with Gasteiger partial charge in [-0.25, -0.2) is 0 Å². The first-order chi connectivity index (χ1) is 7.20. The van der Waals surface area contributed by atoms with Crippen molar-refractivity contribution in [1.82, 2.24) is 4.90 Å². The average Bonchev–Trinajstić information content (AvgIpc) is 2.20. The summed E-state index contributed by atoms with van der Waals surface area (Å²) in [6.07, 6.45) is 1.75. The largest absolute Gasteiger partial charge is 0.481 e. The molecule has 0 saturated heterocycles. The maximum Gasteiger partial charge on any atom is 0.303 e. The van der Waals surface area contributed by atoms with E-state index >= 15 is 0 Å². The molecule has 90 valence electrons. The lowest BCUT2D eigenvalue weighted by atomic mass is 10.2.